The molecule has 6 heteroatoms. The Kier molecular flexibility index (Phi) is 4.59. The molecule has 0 radical (unpaired) electrons. The fourth-order valence-corrected chi connectivity index (χ4v) is 2.69. The summed E-state index contributed by atoms with van der Waals surface area (Å²) in [5.41, 5.74) is 0.948. The van der Waals surface area contributed by atoms with Crippen molar-refractivity contribution in [3.8, 4) is 17.6 Å². The monoisotopic (exact) mass is 343 g/mol. The highest BCUT2D eigenvalue weighted by Gasteiger charge is 2.19. The summed E-state index contributed by atoms with van der Waals surface area (Å²) >= 11 is 6.23. The molecule has 24 heavy (non-hydrogen) atoms. The van der Waals surface area contributed by atoms with Crippen LogP contribution in [-0.4, -0.2) is 19.0 Å². The first-order valence-electron chi connectivity index (χ1n) is 7.40. The van der Waals surface area contributed by atoms with Gasteiger partial charge in [0.15, 0.2) is 11.5 Å². The van der Waals surface area contributed by atoms with Crippen LogP contribution in [0, 0.1) is 18.3 Å². The van der Waals surface area contributed by atoms with Crippen molar-refractivity contribution in [2.75, 3.05) is 13.2 Å². The molecule has 1 aromatic heterocycles. The first-order chi connectivity index (χ1) is 11.6. The van der Waals surface area contributed by atoms with Crippen molar-refractivity contribution in [1.29, 1.82) is 5.26 Å². The maximum Gasteiger partial charge on any atom is 0.207 e. The summed E-state index contributed by atoms with van der Waals surface area (Å²) in [6.07, 6.45) is 3.66. The number of rotatable bonds is 3. The molecule has 0 N–H and O–H groups in total. The highest BCUT2D eigenvalue weighted by atomic mass is 35.5. The predicted molar refractivity (Wildman–Crippen MR) is 88.4 cm³/mol. The second-order valence-corrected chi connectivity index (χ2v) is 5.68. The highest BCUT2D eigenvalue weighted by Crippen LogP contribution is 2.38. The van der Waals surface area contributed by atoms with E-state index >= 15 is 0 Å². The Labute approximate surface area is 144 Å². The minimum absolute atomic E-state index is 0.00921. The number of halogens is 1. The van der Waals surface area contributed by atoms with Crippen LogP contribution in [0.1, 0.15) is 28.1 Å². The van der Waals surface area contributed by atoms with E-state index < -0.39 is 5.78 Å². The van der Waals surface area contributed by atoms with Crippen LogP contribution >= 0.6 is 11.6 Å². The second-order valence-electron chi connectivity index (χ2n) is 5.27. The van der Waals surface area contributed by atoms with Gasteiger partial charge >= 0.3 is 0 Å². The van der Waals surface area contributed by atoms with Crippen molar-refractivity contribution < 1.29 is 18.7 Å². The van der Waals surface area contributed by atoms with Crippen molar-refractivity contribution in [3.63, 3.8) is 0 Å². The lowest BCUT2D eigenvalue weighted by atomic mass is 10.0. The van der Waals surface area contributed by atoms with Gasteiger partial charge in [0.25, 0.3) is 0 Å². The molecule has 0 unspecified atom stereocenters. The summed E-state index contributed by atoms with van der Waals surface area (Å²) in [4.78, 5) is 12.5. The molecule has 122 valence electrons. The lowest BCUT2D eigenvalue weighted by molar-refractivity contribution is 0.103. The zero-order chi connectivity index (χ0) is 17.1. The molecule has 0 amide bonds. The number of furan rings is 1. The normalized spacial score (nSPS) is 14.0. The summed E-state index contributed by atoms with van der Waals surface area (Å²) in [7, 11) is 0. The van der Waals surface area contributed by atoms with Crippen molar-refractivity contribution >= 4 is 23.5 Å². The maximum atomic E-state index is 12.5. The van der Waals surface area contributed by atoms with E-state index in [9.17, 15) is 10.1 Å². The van der Waals surface area contributed by atoms with E-state index in [1.54, 1.807) is 25.1 Å². The standard InChI is InChI=1S/C18H14ClNO4/c1-11-14(3-6-22-11)17(21)13(10-20)7-12-8-15(19)18-16(9-12)23-4-2-5-24-18/h3,6-9H,2,4-5H2,1H3/b13-7+. The number of benzene rings is 1. The van der Waals surface area contributed by atoms with Crippen molar-refractivity contribution in [2.24, 2.45) is 0 Å². The minimum Gasteiger partial charge on any atom is -0.489 e. The zero-order valence-electron chi connectivity index (χ0n) is 13.0. The largest absolute Gasteiger partial charge is 0.489 e. The van der Waals surface area contributed by atoms with E-state index in [0.717, 1.165) is 6.42 Å². The number of Topliss-reactive ketones (excluding diaryl/α,β-unsaturated/α-hetero) is 1. The van der Waals surface area contributed by atoms with E-state index in [1.807, 2.05) is 6.07 Å². The first-order valence-corrected chi connectivity index (χ1v) is 7.77. The van der Waals surface area contributed by atoms with E-state index in [-0.39, 0.29) is 5.57 Å². The number of ketones is 1. The van der Waals surface area contributed by atoms with Gasteiger partial charge in [0.1, 0.15) is 17.4 Å². The highest BCUT2D eigenvalue weighted by molar-refractivity contribution is 6.32. The van der Waals surface area contributed by atoms with Crippen LogP contribution in [0.5, 0.6) is 11.5 Å². The second kappa shape index (κ2) is 6.81. The van der Waals surface area contributed by atoms with Gasteiger partial charge in [-0.2, -0.15) is 5.26 Å². The van der Waals surface area contributed by atoms with Crippen LogP contribution in [0.4, 0.5) is 0 Å². The fraction of sp³-hybridized carbons (Fsp3) is 0.222. The molecular weight excluding hydrogens is 330 g/mol. The number of fused-ring (bicyclic) bond motifs is 1. The third-order valence-corrected chi connectivity index (χ3v) is 3.88. The molecule has 2 aromatic rings. The van der Waals surface area contributed by atoms with Crippen LogP contribution in [0.2, 0.25) is 5.02 Å². The van der Waals surface area contributed by atoms with Crippen LogP contribution in [-0.2, 0) is 0 Å². The number of hydrogen-bond acceptors (Lipinski definition) is 5. The molecule has 0 atom stereocenters. The van der Waals surface area contributed by atoms with Gasteiger partial charge in [-0.15, -0.1) is 0 Å². The van der Waals surface area contributed by atoms with Crippen molar-refractivity contribution in [2.45, 2.75) is 13.3 Å². The molecule has 3 rings (SSSR count). The molecule has 0 aliphatic carbocycles. The van der Waals surface area contributed by atoms with Gasteiger partial charge in [-0.05, 0) is 36.8 Å². The average molecular weight is 344 g/mol. The molecule has 0 saturated carbocycles. The van der Waals surface area contributed by atoms with Crippen molar-refractivity contribution in [3.05, 3.63) is 51.9 Å². The SMILES string of the molecule is Cc1occc1C(=O)/C(C#N)=C/c1cc(Cl)c2c(c1)OCCCO2. The molecule has 1 aliphatic heterocycles. The van der Waals surface area contributed by atoms with Crippen LogP contribution in [0.25, 0.3) is 6.08 Å². The number of hydrogen-bond donors (Lipinski definition) is 0. The zero-order valence-corrected chi connectivity index (χ0v) is 13.7. The fourth-order valence-electron chi connectivity index (χ4n) is 2.41. The summed E-state index contributed by atoms with van der Waals surface area (Å²) in [6, 6.07) is 6.83. The lowest BCUT2D eigenvalue weighted by Gasteiger charge is -2.10. The summed E-state index contributed by atoms with van der Waals surface area (Å²) in [5, 5.41) is 9.72. The molecule has 5 nitrogen and oxygen atoms in total. The van der Waals surface area contributed by atoms with Gasteiger partial charge in [0.05, 0.1) is 30.1 Å². The van der Waals surface area contributed by atoms with Crippen LogP contribution in [0.3, 0.4) is 0 Å². The van der Waals surface area contributed by atoms with Crippen LogP contribution < -0.4 is 9.47 Å². The van der Waals surface area contributed by atoms with Gasteiger partial charge in [0, 0.05) is 6.42 Å². The van der Waals surface area contributed by atoms with E-state index in [0.29, 0.717) is 46.6 Å². The molecule has 1 aromatic carbocycles. The minimum atomic E-state index is -0.396. The van der Waals surface area contributed by atoms with Gasteiger partial charge in [-0.1, -0.05) is 11.6 Å². The number of carbonyl (C=O) groups excluding carboxylic acids is 1. The Morgan fingerprint density at radius 1 is 1.33 bits per heavy atom. The number of ether oxygens (including phenoxy) is 2. The molecule has 0 fully saturated rings. The molecule has 2 heterocycles. The number of nitriles is 1. The van der Waals surface area contributed by atoms with E-state index in [2.05, 4.69) is 0 Å². The summed E-state index contributed by atoms with van der Waals surface area (Å²) in [5.74, 6) is 1.07. The molecule has 1 aliphatic rings. The Balaban J connectivity index is 1.99. The third kappa shape index (κ3) is 3.15. The van der Waals surface area contributed by atoms with Gasteiger partial charge in [0.2, 0.25) is 5.78 Å². The molecule has 0 spiro atoms. The molecule has 0 saturated heterocycles. The lowest BCUT2D eigenvalue weighted by Crippen LogP contribution is -2.02. The van der Waals surface area contributed by atoms with Gasteiger partial charge in [-0.25, -0.2) is 0 Å². The number of allylic oxidation sites excluding steroid dienone is 1. The molecule has 0 bridgehead atoms. The first kappa shape index (κ1) is 16.2. The Hall–Kier alpha value is -2.71. The summed E-state index contributed by atoms with van der Waals surface area (Å²) < 4.78 is 16.3. The topological polar surface area (TPSA) is 72.5 Å². The van der Waals surface area contributed by atoms with Gasteiger partial charge < -0.3 is 13.9 Å². The van der Waals surface area contributed by atoms with Crippen LogP contribution in [0.15, 0.2) is 34.5 Å². The smallest absolute Gasteiger partial charge is 0.207 e. The quantitative estimate of drug-likeness (QED) is 0.474. The van der Waals surface area contributed by atoms with Gasteiger partial charge in [-0.3, -0.25) is 4.79 Å². The van der Waals surface area contributed by atoms with Crippen molar-refractivity contribution in [1.82, 2.24) is 0 Å². The summed E-state index contributed by atoms with van der Waals surface area (Å²) in [6.45, 7) is 2.73. The predicted octanol–water partition coefficient (Wildman–Crippen LogP) is 4.19. The Morgan fingerprint density at radius 2 is 2.12 bits per heavy atom. The maximum absolute atomic E-state index is 12.5. The molecular formula is C18H14ClNO4. The van der Waals surface area contributed by atoms with E-state index in [4.69, 9.17) is 25.5 Å². The Bertz CT molecular complexity index is 860. The number of nitrogens with zero attached hydrogens (tertiary/aromatic N) is 1. The average Bonchev–Trinajstić information content (AvgIpc) is 2.85. The van der Waals surface area contributed by atoms with E-state index in [1.165, 1.54) is 12.3 Å². The third-order valence-electron chi connectivity index (χ3n) is 3.60. The number of carbonyl (C=O) groups is 1. The Morgan fingerprint density at radius 3 is 2.83 bits per heavy atom. The number of aryl methyl sites for hydroxylation is 1.